The van der Waals surface area contributed by atoms with Gasteiger partial charge in [0.2, 0.25) is 11.8 Å². The first-order chi connectivity index (χ1) is 23.1. The van der Waals surface area contributed by atoms with Crippen molar-refractivity contribution in [2.75, 3.05) is 24.6 Å². The lowest BCUT2D eigenvalue weighted by Gasteiger charge is -2.40. The summed E-state index contributed by atoms with van der Waals surface area (Å²) in [5.74, 6) is -3.43. The Morgan fingerprint density at radius 2 is 1.83 bits per heavy atom. The third-order valence-electron chi connectivity index (χ3n) is 9.93. The molecule has 48 heavy (non-hydrogen) atoms. The van der Waals surface area contributed by atoms with Crippen molar-refractivity contribution in [2.24, 2.45) is 11.8 Å². The van der Waals surface area contributed by atoms with Crippen molar-refractivity contribution in [2.45, 2.75) is 82.8 Å². The Morgan fingerprint density at radius 3 is 2.48 bits per heavy atom. The number of likely N-dealkylation sites (tertiary alicyclic amines) is 1. The van der Waals surface area contributed by atoms with Crippen molar-refractivity contribution in [3.05, 3.63) is 90.5 Å². The second-order valence-electron chi connectivity index (χ2n) is 13.2. The van der Waals surface area contributed by atoms with E-state index in [-0.39, 0.29) is 37.9 Å². The van der Waals surface area contributed by atoms with Gasteiger partial charge in [0.05, 0.1) is 37.1 Å². The van der Waals surface area contributed by atoms with E-state index in [2.05, 4.69) is 18.5 Å². The molecule has 3 aliphatic heterocycles. The van der Waals surface area contributed by atoms with Gasteiger partial charge in [0.25, 0.3) is 5.91 Å². The summed E-state index contributed by atoms with van der Waals surface area (Å²) in [5.41, 5.74) is 2.12. The normalized spacial score (nSPS) is 25.2. The maximum atomic E-state index is 15.0. The number of aliphatic hydroxyl groups is 1. The highest BCUT2D eigenvalue weighted by atomic mass is 16.6. The molecule has 3 amide bonds. The molecule has 2 aromatic carbocycles. The summed E-state index contributed by atoms with van der Waals surface area (Å²) in [6, 6.07) is 13.4. The number of carbonyl (C=O) groups is 4. The van der Waals surface area contributed by atoms with Gasteiger partial charge in [-0.05, 0) is 63.1 Å². The van der Waals surface area contributed by atoms with Crippen LogP contribution in [-0.2, 0) is 35.1 Å². The van der Waals surface area contributed by atoms with Crippen molar-refractivity contribution in [3.8, 4) is 0 Å². The molecule has 3 aliphatic rings. The molecule has 0 saturated carbocycles. The van der Waals surface area contributed by atoms with Gasteiger partial charge >= 0.3 is 5.97 Å². The number of esters is 1. The van der Waals surface area contributed by atoms with Crippen LogP contribution in [-0.4, -0.2) is 83.3 Å². The average Bonchev–Trinajstić information content (AvgIpc) is 3.72. The van der Waals surface area contributed by atoms with E-state index < -0.39 is 53.6 Å². The quantitative estimate of drug-likeness (QED) is 0.221. The van der Waals surface area contributed by atoms with Crippen molar-refractivity contribution >= 4 is 29.4 Å². The number of allylic oxidation sites excluding steroid dienone is 1. The highest BCUT2D eigenvalue weighted by molar-refractivity contribution is 6.05. The van der Waals surface area contributed by atoms with Crippen LogP contribution in [0.15, 0.2) is 73.8 Å². The van der Waals surface area contributed by atoms with Crippen LogP contribution in [0.4, 0.5) is 5.69 Å². The van der Waals surface area contributed by atoms with Crippen LogP contribution in [0.25, 0.3) is 0 Å². The van der Waals surface area contributed by atoms with Crippen LogP contribution < -0.4 is 10.2 Å². The Bertz CT molecular complexity index is 1520. The maximum Gasteiger partial charge on any atom is 0.312 e. The van der Waals surface area contributed by atoms with Crippen LogP contribution >= 0.6 is 0 Å². The fraction of sp³-hybridized carbons (Fsp3) is 0.474. The number of nitrogens with one attached hydrogen (secondary N) is 1. The SMILES string of the molecule is C=CCCC(=O)NC[C@@H](C)OC(=O)[C@@H]1[C@@H]2CC[C@]3(O2)[C@H](C(=O)N(CC=C)c2c(C)cccc2C)N([C@@H](CO)Cc2ccccc2)C(=O)[C@@H]13. The topological polar surface area (TPSA) is 125 Å². The number of rotatable bonds is 15. The number of benzene rings is 2. The Balaban J connectivity index is 1.51. The minimum Gasteiger partial charge on any atom is -0.460 e. The molecule has 3 fully saturated rings. The molecule has 5 rings (SSSR count). The van der Waals surface area contributed by atoms with E-state index in [1.54, 1.807) is 24.0 Å². The van der Waals surface area contributed by atoms with E-state index in [9.17, 15) is 19.5 Å². The number of hydrogen-bond acceptors (Lipinski definition) is 7. The summed E-state index contributed by atoms with van der Waals surface area (Å²) < 4.78 is 12.5. The smallest absolute Gasteiger partial charge is 0.312 e. The van der Waals surface area contributed by atoms with Crippen LogP contribution in [0.5, 0.6) is 0 Å². The van der Waals surface area contributed by atoms with Crippen molar-refractivity contribution in [3.63, 3.8) is 0 Å². The van der Waals surface area contributed by atoms with Crippen LogP contribution in [0.2, 0.25) is 0 Å². The highest BCUT2D eigenvalue weighted by Crippen LogP contribution is 2.59. The van der Waals surface area contributed by atoms with Crippen molar-refractivity contribution < 1.29 is 33.8 Å². The number of aryl methyl sites for hydroxylation is 2. The van der Waals surface area contributed by atoms with Crippen molar-refractivity contribution in [1.82, 2.24) is 10.2 Å². The van der Waals surface area contributed by atoms with Crippen molar-refractivity contribution in [1.29, 1.82) is 0 Å². The summed E-state index contributed by atoms with van der Waals surface area (Å²) in [6.07, 6.45) is 4.06. The van der Waals surface area contributed by atoms with Gasteiger partial charge in [-0.3, -0.25) is 19.2 Å². The second kappa shape index (κ2) is 14.9. The third kappa shape index (κ3) is 6.56. The predicted octanol–water partition coefficient (Wildman–Crippen LogP) is 3.81. The van der Waals surface area contributed by atoms with Gasteiger partial charge in [-0.1, -0.05) is 60.7 Å². The Hall–Kier alpha value is -4.28. The molecule has 1 spiro atoms. The Labute approximate surface area is 282 Å². The Morgan fingerprint density at radius 1 is 1.12 bits per heavy atom. The van der Waals surface area contributed by atoms with Gasteiger partial charge in [-0.25, -0.2) is 0 Å². The summed E-state index contributed by atoms with van der Waals surface area (Å²) in [5, 5.41) is 13.6. The average molecular weight is 658 g/mol. The number of para-hydroxylation sites is 1. The summed E-state index contributed by atoms with van der Waals surface area (Å²) >= 11 is 0. The lowest BCUT2D eigenvalue weighted by Crippen LogP contribution is -2.59. The number of aliphatic hydroxyl groups excluding tert-OH is 1. The molecule has 256 valence electrons. The number of fused-ring (bicyclic) bond motifs is 1. The molecule has 7 atom stereocenters. The van der Waals surface area contributed by atoms with E-state index in [1.807, 2.05) is 62.4 Å². The molecule has 2 N–H and O–H groups in total. The first-order valence-electron chi connectivity index (χ1n) is 16.8. The zero-order valence-corrected chi connectivity index (χ0v) is 28.1. The second-order valence-corrected chi connectivity index (χ2v) is 13.2. The number of amides is 3. The predicted molar refractivity (Wildman–Crippen MR) is 182 cm³/mol. The molecule has 2 aromatic rings. The monoisotopic (exact) mass is 657 g/mol. The van der Waals surface area contributed by atoms with E-state index in [1.165, 1.54) is 4.90 Å². The molecule has 0 aliphatic carbocycles. The van der Waals surface area contributed by atoms with Crippen LogP contribution in [0.3, 0.4) is 0 Å². The van der Waals surface area contributed by atoms with Gasteiger partial charge in [0.15, 0.2) is 0 Å². The van der Waals surface area contributed by atoms with Gasteiger partial charge in [0.1, 0.15) is 17.7 Å². The molecular weight excluding hydrogens is 610 g/mol. The number of nitrogens with zero attached hydrogens (tertiary/aromatic N) is 2. The molecule has 2 bridgehead atoms. The standard InChI is InChI=1S/C38H47N3O7/c1-6-8-17-30(43)39-22-26(5)47-37(46)31-29-18-19-38(48-29)32(31)35(44)41(28(23-42)21-27-15-10-9-11-16-27)34(38)36(45)40(20-7-2)33-24(3)13-12-14-25(33)4/h6-7,9-16,26,28-29,31-32,34,42H,1-2,8,17-23H2,3-5H3,(H,39,43)/t26-,28-,29+,31-,32-,34+,38-/m1/s1. The number of carbonyl (C=O) groups excluding carboxylic acids is 4. The van der Waals surface area contributed by atoms with Gasteiger partial charge in [-0.2, -0.15) is 0 Å². The highest BCUT2D eigenvalue weighted by Gasteiger charge is 2.75. The van der Waals surface area contributed by atoms with E-state index in [0.29, 0.717) is 25.7 Å². The van der Waals surface area contributed by atoms with Crippen LogP contribution in [0, 0.1) is 25.7 Å². The first-order valence-corrected chi connectivity index (χ1v) is 16.8. The lowest BCUT2D eigenvalue weighted by molar-refractivity contribution is -0.159. The van der Waals surface area contributed by atoms with Gasteiger partial charge in [-0.15, -0.1) is 13.2 Å². The molecule has 10 heteroatoms. The van der Waals surface area contributed by atoms with Gasteiger partial charge < -0.3 is 29.7 Å². The summed E-state index contributed by atoms with van der Waals surface area (Å²) in [4.78, 5) is 58.9. The lowest BCUT2D eigenvalue weighted by atomic mass is 9.70. The van der Waals surface area contributed by atoms with E-state index >= 15 is 4.79 Å². The minimum atomic E-state index is -1.29. The maximum absolute atomic E-state index is 15.0. The molecule has 3 heterocycles. The summed E-state index contributed by atoms with van der Waals surface area (Å²) in [7, 11) is 0. The number of anilines is 1. The molecule has 0 radical (unpaired) electrons. The Kier molecular flexibility index (Phi) is 10.9. The third-order valence-corrected chi connectivity index (χ3v) is 9.93. The van der Waals surface area contributed by atoms with E-state index in [4.69, 9.17) is 9.47 Å². The molecule has 10 nitrogen and oxygen atoms in total. The molecular formula is C38H47N3O7. The number of hydrogen-bond donors (Lipinski definition) is 2. The number of ether oxygens (including phenoxy) is 2. The van der Waals surface area contributed by atoms with Crippen LogP contribution in [0.1, 0.15) is 49.3 Å². The molecule has 0 unspecified atom stereocenters. The summed E-state index contributed by atoms with van der Waals surface area (Å²) in [6.45, 7) is 13.0. The largest absolute Gasteiger partial charge is 0.460 e. The fourth-order valence-corrected chi connectivity index (χ4v) is 7.87. The molecule has 3 saturated heterocycles. The zero-order chi connectivity index (χ0) is 34.6. The molecule has 0 aromatic heterocycles. The minimum absolute atomic E-state index is 0.118. The van der Waals surface area contributed by atoms with E-state index in [0.717, 1.165) is 22.4 Å². The van der Waals surface area contributed by atoms with Gasteiger partial charge in [0, 0.05) is 18.7 Å². The fourth-order valence-electron chi connectivity index (χ4n) is 7.87. The zero-order valence-electron chi connectivity index (χ0n) is 28.1. The first kappa shape index (κ1) is 35.0.